The summed E-state index contributed by atoms with van der Waals surface area (Å²) in [7, 11) is 2.11. The molecule has 1 saturated heterocycles. The first kappa shape index (κ1) is 12.2. The van der Waals surface area contributed by atoms with E-state index in [1.54, 1.807) is 6.07 Å². The van der Waals surface area contributed by atoms with E-state index >= 15 is 0 Å². The molecule has 0 aromatic carbocycles. The predicted molar refractivity (Wildman–Crippen MR) is 73.4 cm³/mol. The molecule has 0 aliphatic carbocycles. The van der Waals surface area contributed by atoms with Crippen molar-refractivity contribution < 1.29 is 9.21 Å². The highest BCUT2D eigenvalue weighted by molar-refractivity contribution is 5.83. The number of furan rings is 1. The standard InChI is InChI=1S/C14H17N3O2/c1-10-6-16(2)9-17(7-10)14-4-3-13-12(15-14)5-11(8-18)19-13/h3-5,8,10H,6-7,9H2,1-2H3. The van der Waals surface area contributed by atoms with Gasteiger partial charge in [-0.3, -0.25) is 9.69 Å². The molecule has 3 heterocycles. The second-order valence-corrected chi connectivity index (χ2v) is 5.33. The van der Waals surface area contributed by atoms with E-state index in [2.05, 4.69) is 28.8 Å². The molecule has 2 aromatic heterocycles. The van der Waals surface area contributed by atoms with Gasteiger partial charge < -0.3 is 9.32 Å². The molecule has 3 rings (SSSR count). The topological polar surface area (TPSA) is 49.6 Å². The van der Waals surface area contributed by atoms with Gasteiger partial charge in [0.15, 0.2) is 17.6 Å². The van der Waals surface area contributed by atoms with Crippen molar-refractivity contribution >= 4 is 23.2 Å². The van der Waals surface area contributed by atoms with Crippen molar-refractivity contribution in [3.05, 3.63) is 24.0 Å². The lowest BCUT2D eigenvalue weighted by Gasteiger charge is -2.37. The summed E-state index contributed by atoms with van der Waals surface area (Å²) in [4.78, 5) is 19.8. The minimum Gasteiger partial charge on any atom is -0.452 e. The molecule has 0 amide bonds. The molecule has 0 spiro atoms. The number of aromatic nitrogens is 1. The van der Waals surface area contributed by atoms with Crippen LogP contribution in [0.1, 0.15) is 17.5 Å². The first-order valence-electron chi connectivity index (χ1n) is 6.45. The zero-order valence-electron chi connectivity index (χ0n) is 11.2. The fourth-order valence-electron chi connectivity index (χ4n) is 2.71. The highest BCUT2D eigenvalue weighted by Gasteiger charge is 2.21. The summed E-state index contributed by atoms with van der Waals surface area (Å²) in [5, 5.41) is 0. The maximum atomic E-state index is 10.7. The van der Waals surface area contributed by atoms with Crippen LogP contribution in [-0.4, -0.2) is 43.0 Å². The maximum absolute atomic E-state index is 10.7. The molecule has 0 saturated carbocycles. The van der Waals surface area contributed by atoms with Gasteiger partial charge in [0.05, 0.1) is 6.67 Å². The predicted octanol–water partition coefficient (Wildman–Crippen LogP) is 1.99. The summed E-state index contributed by atoms with van der Waals surface area (Å²) < 4.78 is 5.34. The van der Waals surface area contributed by atoms with Crippen molar-refractivity contribution in [1.29, 1.82) is 0 Å². The van der Waals surface area contributed by atoms with Gasteiger partial charge in [-0.05, 0) is 25.1 Å². The van der Waals surface area contributed by atoms with Crippen LogP contribution in [0.25, 0.3) is 11.1 Å². The Morgan fingerprint density at radius 2 is 2.26 bits per heavy atom. The summed E-state index contributed by atoms with van der Waals surface area (Å²) in [6.07, 6.45) is 0.706. The number of nitrogens with zero attached hydrogens (tertiary/aromatic N) is 3. The van der Waals surface area contributed by atoms with E-state index in [-0.39, 0.29) is 0 Å². The average Bonchev–Trinajstić information content (AvgIpc) is 2.79. The number of anilines is 1. The van der Waals surface area contributed by atoms with Crippen LogP contribution in [0.2, 0.25) is 0 Å². The first-order valence-corrected chi connectivity index (χ1v) is 6.45. The van der Waals surface area contributed by atoms with Crippen LogP contribution in [-0.2, 0) is 0 Å². The van der Waals surface area contributed by atoms with Crippen molar-refractivity contribution in [3.63, 3.8) is 0 Å². The molecule has 100 valence electrons. The lowest BCUT2D eigenvalue weighted by molar-refractivity contribution is 0.110. The van der Waals surface area contributed by atoms with Crippen LogP contribution in [0, 0.1) is 5.92 Å². The lowest BCUT2D eigenvalue weighted by Crippen LogP contribution is -2.47. The largest absolute Gasteiger partial charge is 0.452 e. The van der Waals surface area contributed by atoms with Gasteiger partial charge in [0, 0.05) is 19.2 Å². The molecule has 5 heteroatoms. The fraction of sp³-hybridized carbons (Fsp3) is 0.429. The molecule has 0 N–H and O–H groups in total. The fourth-order valence-corrected chi connectivity index (χ4v) is 2.71. The van der Waals surface area contributed by atoms with E-state index in [1.165, 1.54) is 0 Å². The van der Waals surface area contributed by atoms with Gasteiger partial charge in [-0.2, -0.15) is 0 Å². The van der Waals surface area contributed by atoms with E-state index in [9.17, 15) is 4.79 Å². The minimum atomic E-state index is 0.323. The van der Waals surface area contributed by atoms with Gasteiger partial charge in [0.25, 0.3) is 0 Å². The second-order valence-electron chi connectivity index (χ2n) is 5.33. The Morgan fingerprint density at radius 1 is 1.42 bits per heavy atom. The quantitative estimate of drug-likeness (QED) is 0.772. The molecule has 1 fully saturated rings. The van der Waals surface area contributed by atoms with E-state index in [1.807, 2.05) is 12.1 Å². The molecule has 1 aliphatic rings. The number of hydrogen-bond acceptors (Lipinski definition) is 5. The zero-order chi connectivity index (χ0) is 13.4. The Labute approximate surface area is 111 Å². The van der Waals surface area contributed by atoms with Crippen LogP contribution in [0.15, 0.2) is 22.6 Å². The lowest BCUT2D eigenvalue weighted by atomic mass is 10.1. The molecule has 5 nitrogen and oxygen atoms in total. The molecule has 1 atom stereocenters. The smallest absolute Gasteiger partial charge is 0.185 e. The van der Waals surface area contributed by atoms with Crippen molar-refractivity contribution in [1.82, 2.24) is 9.88 Å². The summed E-state index contributed by atoms with van der Waals surface area (Å²) >= 11 is 0. The number of carbonyl (C=O) groups excluding carboxylic acids is 1. The number of hydrogen-bond donors (Lipinski definition) is 0. The third-order valence-corrected chi connectivity index (χ3v) is 3.39. The third kappa shape index (κ3) is 2.33. The van der Waals surface area contributed by atoms with Gasteiger partial charge >= 0.3 is 0 Å². The molecule has 0 radical (unpaired) electrons. The summed E-state index contributed by atoms with van der Waals surface area (Å²) in [6.45, 7) is 5.23. The molecule has 1 unspecified atom stereocenters. The number of rotatable bonds is 2. The van der Waals surface area contributed by atoms with Crippen molar-refractivity contribution in [2.75, 3.05) is 31.7 Å². The zero-order valence-corrected chi connectivity index (χ0v) is 11.2. The van der Waals surface area contributed by atoms with Gasteiger partial charge in [-0.15, -0.1) is 0 Å². The van der Waals surface area contributed by atoms with Crippen molar-refractivity contribution in [2.24, 2.45) is 5.92 Å². The highest BCUT2D eigenvalue weighted by Crippen LogP contribution is 2.23. The summed E-state index contributed by atoms with van der Waals surface area (Å²) in [5.41, 5.74) is 1.39. The Morgan fingerprint density at radius 3 is 3.00 bits per heavy atom. The second kappa shape index (κ2) is 4.66. The van der Waals surface area contributed by atoms with E-state index in [0.29, 0.717) is 23.5 Å². The Bertz CT molecular complexity index is 598. The van der Waals surface area contributed by atoms with Gasteiger partial charge in [-0.1, -0.05) is 6.92 Å². The number of fused-ring (bicyclic) bond motifs is 1. The first-order chi connectivity index (χ1) is 9.15. The van der Waals surface area contributed by atoms with Gasteiger partial charge in [-0.25, -0.2) is 4.98 Å². The van der Waals surface area contributed by atoms with Gasteiger partial charge in [0.2, 0.25) is 0 Å². The van der Waals surface area contributed by atoms with Crippen LogP contribution in [0.4, 0.5) is 5.82 Å². The third-order valence-electron chi connectivity index (χ3n) is 3.39. The molecular formula is C14H17N3O2. The van der Waals surface area contributed by atoms with Crippen LogP contribution in [0.5, 0.6) is 0 Å². The van der Waals surface area contributed by atoms with Crippen LogP contribution < -0.4 is 4.90 Å². The monoisotopic (exact) mass is 259 g/mol. The molecule has 1 aliphatic heterocycles. The maximum Gasteiger partial charge on any atom is 0.185 e. The van der Waals surface area contributed by atoms with E-state index < -0.39 is 0 Å². The normalized spacial score (nSPS) is 20.9. The number of carbonyl (C=O) groups is 1. The molecule has 0 bridgehead atoms. The van der Waals surface area contributed by atoms with Crippen molar-refractivity contribution in [3.8, 4) is 0 Å². The minimum absolute atomic E-state index is 0.323. The summed E-state index contributed by atoms with van der Waals surface area (Å²) in [5.74, 6) is 1.87. The van der Waals surface area contributed by atoms with E-state index in [4.69, 9.17) is 4.42 Å². The number of aldehydes is 1. The molecule has 19 heavy (non-hydrogen) atoms. The van der Waals surface area contributed by atoms with Crippen molar-refractivity contribution in [2.45, 2.75) is 6.92 Å². The van der Waals surface area contributed by atoms with Crippen LogP contribution in [0.3, 0.4) is 0 Å². The number of pyridine rings is 1. The highest BCUT2D eigenvalue weighted by atomic mass is 16.3. The Kier molecular flexibility index (Phi) is 2.98. The molecule has 2 aromatic rings. The summed E-state index contributed by atoms with van der Waals surface area (Å²) in [6, 6.07) is 5.51. The van der Waals surface area contributed by atoms with Crippen LogP contribution >= 0.6 is 0 Å². The van der Waals surface area contributed by atoms with Gasteiger partial charge in [0.1, 0.15) is 11.3 Å². The van der Waals surface area contributed by atoms with E-state index in [0.717, 1.165) is 31.1 Å². The Balaban J connectivity index is 1.93. The SMILES string of the molecule is CC1CN(C)CN(c2ccc3oc(C=O)cc3n2)C1. The average molecular weight is 259 g/mol. The Hall–Kier alpha value is -1.88. The molecular weight excluding hydrogens is 242 g/mol.